The van der Waals surface area contributed by atoms with Gasteiger partial charge in [0.05, 0.1) is 0 Å². The van der Waals surface area contributed by atoms with E-state index in [1.165, 1.54) is 12.8 Å². The van der Waals surface area contributed by atoms with E-state index < -0.39 is 0 Å². The van der Waals surface area contributed by atoms with Crippen molar-refractivity contribution in [3.05, 3.63) is 12.2 Å². The van der Waals surface area contributed by atoms with E-state index in [0.717, 1.165) is 11.8 Å². The number of hydrogen-bond donors (Lipinski definition) is 0. The van der Waals surface area contributed by atoms with E-state index in [2.05, 4.69) is 39.8 Å². The van der Waals surface area contributed by atoms with Crippen LogP contribution in [0.3, 0.4) is 0 Å². The van der Waals surface area contributed by atoms with Gasteiger partial charge in [-0.25, -0.2) is 0 Å². The van der Waals surface area contributed by atoms with Crippen molar-refractivity contribution in [3.63, 3.8) is 0 Å². The quantitative estimate of drug-likeness (QED) is 0.523. The average molecular weight is 140 g/mol. The molecule has 0 aromatic rings. The molecule has 0 saturated carbocycles. The molecule has 0 rings (SSSR count). The van der Waals surface area contributed by atoms with Crippen molar-refractivity contribution in [1.82, 2.24) is 0 Å². The largest absolute Gasteiger partial charge is 0.0917 e. The standard InChI is InChI=1S/C10H20/c1-5-6-7-8-10(4)9(2)3/h5-6,9-10H,7-8H2,1-4H3/b6-5-. The second-order valence-corrected chi connectivity index (χ2v) is 3.37. The summed E-state index contributed by atoms with van der Waals surface area (Å²) in [6.07, 6.45) is 6.96. The maximum absolute atomic E-state index is 2.33. The van der Waals surface area contributed by atoms with E-state index in [1.807, 2.05) is 0 Å². The van der Waals surface area contributed by atoms with Crippen LogP contribution in [0.2, 0.25) is 0 Å². The molecule has 1 atom stereocenters. The number of hydrogen-bond acceptors (Lipinski definition) is 0. The van der Waals surface area contributed by atoms with Gasteiger partial charge in [-0.2, -0.15) is 0 Å². The third-order valence-electron chi connectivity index (χ3n) is 2.16. The van der Waals surface area contributed by atoms with Crippen LogP contribution >= 0.6 is 0 Å². The van der Waals surface area contributed by atoms with Gasteiger partial charge in [-0.05, 0) is 31.6 Å². The highest BCUT2D eigenvalue weighted by atomic mass is 14.1. The Balaban J connectivity index is 3.30. The topological polar surface area (TPSA) is 0 Å². The van der Waals surface area contributed by atoms with Gasteiger partial charge in [0.25, 0.3) is 0 Å². The van der Waals surface area contributed by atoms with Gasteiger partial charge in [0.15, 0.2) is 0 Å². The van der Waals surface area contributed by atoms with E-state index in [1.54, 1.807) is 0 Å². The first-order valence-electron chi connectivity index (χ1n) is 4.29. The maximum atomic E-state index is 2.33. The molecule has 0 aromatic carbocycles. The fourth-order valence-corrected chi connectivity index (χ4v) is 0.859. The van der Waals surface area contributed by atoms with Gasteiger partial charge in [-0.1, -0.05) is 32.9 Å². The van der Waals surface area contributed by atoms with E-state index >= 15 is 0 Å². The minimum atomic E-state index is 0.838. The lowest BCUT2D eigenvalue weighted by Gasteiger charge is -2.13. The Morgan fingerprint density at radius 2 is 1.80 bits per heavy atom. The summed E-state index contributed by atoms with van der Waals surface area (Å²) in [5.41, 5.74) is 0. The van der Waals surface area contributed by atoms with Gasteiger partial charge >= 0.3 is 0 Å². The summed E-state index contributed by atoms with van der Waals surface area (Å²) in [7, 11) is 0. The molecule has 0 heteroatoms. The SMILES string of the molecule is C/C=C\CCC(C)C(C)C. The molecule has 0 amide bonds. The Bertz CT molecular complexity index is 90.2. The molecule has 0 saturated heterocycles. The Morgan fingerprint density at radius 1 is 1.20 bits per heavy atom. The fraction of sp³-hybridized carbons (Fsp3) is 0.800. The van der Waals surface area contributed by atoms with Crippen molar-refractivity contribution in [2.45, 2.75) is 40.5 Å². The second kappa shape index (κ2) is 5.52. The molecule has 10 heavy (non-hydrogen) atoms. The second-order valence-electron chi connectivity index (χ2n) is 3.37. The Morgan fingerprint density at radius 3 is 2.20 bits per heavy atom. The summed E-state index contributed by atoms with van der Waals surface area (Å²) in [5, 5.41) is 0. The molecule has 0 aliphatic rings. The Hall–Kier alpha value is -0.260. The van der Waals surface area contributed by atoms with Crippen LogP contribution in [-0.4, -0.2) is 0 Å². The molecule has 0 aliphatic carbocycles. The molecule has 1 unspecified atom stereocenters. The molecule has 60 valence electrons. The molecular formula is C10H20. The lowest BCUT2D eigenvalue weighted by atomic mass is 9.93. The Kier molecular flexibility index (Phi) is 5.38. The van der Waals surface area contributed by atoms with Crippen molar-refractivity contribution in [3.8, 4) is 0 Å². The van der Waals surface area contributed by atoms with Gasteiger partial charge in [-0.3, -0.25) is 0 Å². The molecular weight excluding hydrogens is 120 g/mol. The minimum Gasteiger partial charge on any atom is -0.0917 e. The highest BCUT2D eigenvalue weighted by molar-refractivity contribution is 4.77. The molecule has 0 radical (unpaired) electrons. The lowest BCUT2D eigenvalue weighted by Crippen LogP contribution is -2.02. The fourth-order valence-electron chi connectivity index (χ4n) is 0.859. The highest BCUT2D eigenvalue weighted by Crippen LogP contribution is 2.15. The summed E-state index contributed by atoms with van der Waals surface area (Å²) in [6.45, 7) is 8.99. The van der Waals surface area contributed by atoms with Crippen molar-refractivity contribution in [2.24, 2.45) is 11.8 Å². The molecule has 0 N–H and O–H groups in total. The first-order chi connectivity index (χ1) is 4.68. The summed E-state index contributed by atoms with van der Waals surface area (Å²) < 4.78 is 0. The van der Waals surface area contributed by atoms with Crippen LogP contribution in [0.15, 0.2) is 12.2 Å². The van der Waals surface area contributed by atoms with Crippen LogP contribution in [0, 0.1) is 11.8 Å². The maximum Gasteiger partial charge on any atom is -0.0348 e. The third kappa shape index (κ3) is 4.60. The summed E-state index contributed by atoms with van der Waals surface area (Å²) in [5.74, 6) is 1.71. The van der Waals surface area contributed by atoms with Crippen LogP contribution in [0.25, 0.3) is 0 Å². The van der Waals surface area contributed by atoms with Crippen LogP contribution in [0.1, 0.15) is 40.5 Å². The summed E-state index contributed by atoms with van der Waals surface area (Å²) in [4.78, 5) is 0. The zero-order valence-corrected chi connectivity index (χ0v) is 7.72. The van der Waals surface area contributed by atoms with Crippen LogP contribution in [0.4, 0.5) is 0 Å². The van der Waals surface area contributed by atoms with Gasteiger partial charge in [0, 0.05) is 0 Å². The lowest BCUT2D eigenvalue weighted by molar-refractivity contribution is 0.395. The molecule has 0 spiro atoms. The van der Waals surface area contributed by atoms with Gasteiger partial charge in [0.2, 0.25) is 0 Å². The van der Waals surface area contributed by atoms with Crippen molar-refractivity contribution < 1.29 is 0 Å². The van der Waals surface area contributed by atoms with Gasteiger partial charge in [0.1, 0.15) is 0 Å². The molecule has 0 aliphatic heterocycles. The predicted molar refractivity (Wildman–Crippen MR) is 48.1 cm³/mol. The third-order valence-corrected chi connectivity index (χ3v) is 2.16. The van der Waals surface area contributed by atoms with E-state index in [4.69, 9.17) is 0 Å². The van der Waals surface area contributed by atoms with Crippen molar-refractivity contribution in [1.29, 1.82) is 0 Å². The number of allylic oxidation sites excluding steroid dienone is 2. The van der Waals surface area contributed by atoms with Crippen molar-refractivity contribution >= 4 is 0 Å². The first-order valence-corrected chi connectivity index (χ1v) is 4.29. The zero-order valence-electron chi connectivity index (χ0n) is 7.72. The number of rotatable bonds is 4. The van der Waals surface area contributed by atoms with E-state index in [0.29, 0.717) is 0 Å². The Labute approximate surface area is 65.3 Å². The first kappa shape index (κ1) is 9.74. The van der Waals surface area contributed by atoms with Gasteiger partial charge in [-0.15, -0.1) is 0 Å². The molecule has 0 bridgehead atoms. The van der Waals surface area contributed by atoms with Crippen LogP contribution in [0.5, 0.6) is 0 Å². The molecule has 0 fully saturated rings. The highest BCUT2D eigenvalue weighted by Gasteiger charge is 2.04. The monoisotopic (exact) mass is 140 g/mol. The van der Waals surface area contributed by atoms with Crippen LogP contribution < -0.4 is 0 Å². The molecule has 0 nitrogen and oxygen atoms in total. The van der Waals surface area contributed by atoms with E-state index in [-0.39, 0.29) is 0 Å². The van der Waals surface area contributed by atoms with E-state index in [9.17, 15) is 0 Å². The zero-order chi connectivity index (χ0) is 7.98. The molecule has 0 heterocycles. The normalized spacial score (nSPS) is 14.9. The average Bonchev–Trinajstić information content (AvgIpc) is 1.88. The smallest absolute Gasteiger partial charge is 0.0348 e. The van der Waals surface area contributed by atoms with Crippen LogP contribution in [-0.2, 0) is 0 Å². The summed E-state index contributed by atoms with van der Waals surface area (Å²) in [6, 6.07) is 0. The van der Waals surface area contributed by atoms with Gasteiger partial charge < -0.3 is 0 Å². The molecule has 0 aromatic heterocycles. The van der Waals surface area contributed by atoms with Crippen molar-refractivity contribution in [2.75, 3.05) is 0 Å². The predicted octanol–water partition coefficient (Wildman–Crippen LogP) is 3.63. The minimum absolute atomic E-state index is 0.838. The summed E-state index contributed by atoms with van der Waals surface area (Å²) >= 11 is 0.